The lowest BCUT2D eigenvalue weighted by molar-refractivity contribution is -0.146. The fourth-order valence-electron chi connectivity index (χ4n) is 0.691. The van der Waals surface area contributed by atoms with E-state index < -0.39 is 36.9 Å². The molecule has 0 radical (unpaired) electrons. The fraction of sp³-hybridized carbons (Fsp3) is 0.833. The summed E-state index contributed by atoms with van der Waals surface area (Å²) in [6.45, 7) is -0.802. The highest BCUT2D eigenvalue weighted by atomic mass is 16.4. The zero-order chi connectivity index (χ0) is 10.6. The summed E-state index contributed by atoms with van der Waals surface area (Å²) in [4.78, 5) is 10.3. The van der Waals surface area contributed by atoms with Crippen LogP contribution in [0.3, 0.4) is 0 Å². The molecule has 0 aliphatic rings. The topological polar surface area (TPSA) is 144 Å². The average Bonchev–Trinajstić information content (AvgIpc) is 2.12. The molecule has 7 N–H and O–H groups in total. The van der Waals surface area contributed by atoms with Gasteiger partial charge in [0.2, 0.25) is 5.91 Å². The molecule has 0 aliphatic heterocycles. The quantitative estimate of drug-likeness (QED) is 0.263. The molecule has 0 aromatic heterocycles. The van der Waals surface area contributed by atoms with Crippen molar-refractivity contribution >= 4 is 5.91 Å². The minimum Gasteiger partial charge on any atom is -0.394 e. The van der Waals surface area contributed by atoms with Crippen LogP contribution in [0.5, 0.6) is 0 Å². The summed E-state index contributed by atoms with van der Waals surface area (Å²) in [7, 11) is 0. The number of carbonyl (C=O) groups is 1. The normalized spacial score (nSPS) is 20.4. The maximum absolute atomic E-state index is 10.3. The van der Waals surface area contributed by atoms with E-state index in [1.807, 2.05) is 0 Å². The first-order chi connectivity index (χ1) is 5.91. The zero-order valence-electron chi connectivity index (χ0n) is 6.74. The number of amides is 1. The SMILES string of the molecule is NC(=O)[C@@H](O)[C@@H](O)[C@H](O)[C@@H](O)CO. The molecule has 0 aromatic carbocycles. The van der Waals surface area contributed by atoms with Crippen molar-refractivity contribution in [2.75, 3.05) is 6.61 Å². The van der Waals surface area contributed by atoms with Crippen molar-refractivity contribution in [3.05, 3.63) is 0 Å². The standard InChI is InChI=1S/C6H13NO6/c7-6(13)5(12)4(11)3(10)2(9)1-8/h2-5,8-12H,1H2,(H2,7,13)/t2-,3+,4-,5-/m0/s1. The Bertz CT molecular complexity index is 175. The molecule has 0 bridgehead atoms. The molecule has 0 saturated heterocycles. The first kappa shape index (κ1) is 12.3. The second-order valence-corrected chi connectivity index (χ2v) is 2.58. The minimum atomic E-state index is -1.98. The van der Waals surface area contributed by atoms with Crippen LogP contribution in [0.1, 0.15) is 0 Å². The summed E-state index contributed by atoms with van der Waals surface area (Å²) >= 11 is 0. The number of carbonyl (C=O) groups excluding carboxylic acids is 1. The van der Waals surface area contributed by atoms with Gasteiger partial charge in [0.25, 0.3) is 0 Å². The van der Waals surface area contributed by atoms with Crippen LogP contribution in [0.25, 0.3) is 0 Å². The number of rotatable bonds is 5. The van der Waals surface area contributed by atoms with Crippen LogP contribution in [0.15, 0.2) is 0 Å². The Morgan fingerprint density at radius 1 is 1.15 bits per heavy atom. The zero-order valence-corrected chi connectivity index (χ0v) is 6.74. The minimum absolute atomic E-state index is 0.802. The van der Waals surface area contributed by atoms with Crippen molar-refractivity contribution in [3.8, 4) is 0 Å². The molecule has 7 nitrogen and oxygen atoms in total. The van der Waals surface area contributed by atoms with E-state index in [-0.39, 0.29) is 0 Å². The molecule has 1 amide bonds. The summed E-state index contributed by atoms with van der Waals surface area (Å²) < 4.78 is 0. The number of aliphatic hydroxyl groups excluding tert-OH is 5. The first-order valence-corrected chi connectivity index (χ1v) is 3.54. The van der Waals surface area contributed by atoms with Gasteiger partial charge in [-0.25, -0.2) is 0 Å². The van der Waals surface area contributed by atoms with Gasteiger partial charge in [-0.3, -0.25) is 4.79 Å². The van der Waals surface area contributed by atoms with E-state index in [4.69, 9.17) is 25.5 Å². The van der Waals surface area contributed by atoms with Crippen LogP contribution in [-0.2, 0) is 4.79 Å². The van der Waals surface area contributed by atoms with Crippen LogP contribution in [0.4, 0.5) is 0 Å². The Morgan fingerprint density at radius 2 is 1.62 bits per heavy atom. The Kier molecular flexibility index (Phi) is 4.81. The summed E-state index contributed by atoms with van der Waals surface area (Å²) in [5.41, 5.74) is 4.61. The van der Waals surface area contributed by atoms with E-state index in [0.29, 0.717) is 0 Å². The van der Waals surface area contributed by atoms with Gasteiger partial charge in [0.15, 0.2) is 6.10 Å². The lowest BCUT2D eigenvalue weighted by Gasteiger charge is -2.23. The lowest BCUT2D eigenvalue weighted by Crippen LogP contribution is -2.50. The maximum Gasteiger partial charge on any atom is 0.249 e. The number of nitrogens with two attached hydrogens (primary N) is 1. The highest BCUT2D eigenvalue weighted by molar-refractivity contribution is 5.79. The largest absolute Gasteiger partial charge is 0.394 e. The van der Waals surface area contributed by atoms with E-state index in [2.05, 4.69) is 5.73 Å². The third-order valence-corrected chi connectivity index (χ3v) is 1.55. The van der Waals surface area contributed by atoms with Gasteiger partial charge in [-0.1, -0.05) is 0 Å². The molecule has 0 saturated carbocycles. The molecule has 0 fully saturated rings. The number of hydrogen-bond acceptors (Lipinski definition) is 6. The summed E-state index contributed by atoms with van der Waals surface area (Å²) in [5.74, 6) is -1.23. The molecule has 0 unspecified atom stereocenters. The van der Waals surface area contributed by atoms with Crippen LogP contribution in [0, 0.1) is 0 Å². The average molecular weight is 195 g/mol. The van der Waals surface area contributed by atoms with Gasteiger partial charge in [0.1, 0.15) is 18.3 Å². The van der Waals surface area contributed by atoms with Gasteiger partial charge < -0.3 is 31.3 Å². The van der Waals surface area contributed by atoms with Gasteiger partial charge in [-0.05, 0) is 0 Å². The van der Waals surface area contributed by atoms with Crippen molar-refractivity contribution < 1.29 is 30.3 Å². The fourth-order valence-corrected chi connectivity index (χ4v) is 0.691. The highest BCUT2D eigenvalue weighted by Gasteiger charge is 2.32. The lowest BCUT2D eigenvalue weighted by atomic mass is 10.0. The summed E-state index contributed by atoms with van der Waals surface area (Å²) in [6.07, 6.45) is -7.35. The monoisotopic (exact) mass is 195 g/mol. The molecule has 4 atom stereocenters. The van der Waals surface area contributed by atoms with Gasteiger partial charge in [-0.15, -0.1) is 0 Å². The van der Waals surface area contributed by atoms with Crippen molar-refractivity contribution in [1.29, 1.82) is 0 Å². The predicted octanol–water partition coefficient (Wildman–Crippen LogP) is -4.09. The molecule has 78 valence electrons. The Balaban J connectivity index is 4.24. The molecule has 0 spiro atoms. The summed E-state index contributed by atoms with van der Waals surface area (Å²) in [5, 5.41) is 44.0. The van der Waals surface area contributed by atoms with Crippen molar-refractivity contribution in [2.45, 2.75) is 24.4 Å². The van der Waals surface area contributed by atoms with Crippen LogP contribution >= 0.6 is 0 Å². The van der Waals surface area contributed by atoms with E-state index in [0.717, 1.165) is 0 Å². The number of hydrogen-bond donors (Lipinski definition) is 6. The van der Waals surface area contributed by atoms with Crippen molar-refractivity contribution in [1.82, 2.24) is 0 Å². The van der Waals surface area contributed by atoms with Crippen LogP contribution in [0.2, 0.25) is 0 Å². The van der Waals surface area contributed by atoms with E-state index in [1.54, 1.807) is 0 Å². The molecular weight excluding hydrogens is 182 g/mol. The first-order valence-electron chi connectivity index (χ1n) is 3.54. The van der Waals surface area contributed by atoms with Crippen LogP contribution in [-0.4, -0.2) is 62.5 Å². The maximum atomic E-state index is 10.3. The number of aliphatic hydroxyl groups is 5. The second-order valence-electron chi connectivity index (χ2n) is 2.58. The van der Waals surface area contributed by atoms with Crippen molar-refractivity contribution in [2.24, 2.45) is 5.73 Å². The molecule has 0 rings (SSSR count). The third-order valence-electron chi connectivity index (χ3n) is 1.55. The van der Waals surface area contributed by atoms with Crippen molar-refractivity contribution in [3.63, 3.8) is 0 Å². The smallest absolute Gasteiger partial charge is 0.249 e. The number of primary amides is 1. The summed E-state index contributed by atoms with van der Waals surface area (Å²) in [6, 6.07) is 0. The van der Waals surface area contributed by atoms with E-state index in [9.17, 15) is 4.79 Å². The van der Waals surface area contributed by atoms with Gasteiger partial charge in [-0.2, -0.15) is 0 Å². The van der Waals surface area contributed by atoms with Gasteiger partial charge in [0.05, 0.1) is 6.61 Å². The molecule has 0 aromatic rings. The highest BCUT2D eigenvalue weighted by Crippen LogP contribution is 2.04. The van der Waals surface area contributed by atoms with Gasteiger partial charge >= 0.3 is 0 Å². The second kappa shape index (κ2) is 5.10. The Labute approximate surface area is 74.0 Å². The predicted molar refractivity (Wildman–Crippen MR) is 40.3 cm³/mol. The molecule has 0 heterocycles. The van der Waals surface area contributed by atoms with E-state index in [1.165, 1.54) is 0 Å². The third kappa shape index (κ3) is 3.25. The Hall–Kier alpha value is -0.730. The van der Waals surface area contributed by atoms with Gasteiger partial charge in [0, 0.05) is 0 Å². The molecule has 0 aliphatic carbocycles. The molecule has 7 heteroatoms. The molecular formula is C6H13NO6. The molecule has 13 heavy (non-hydrogen) atoms. The Morgan fingerprint density at radius 3 is 1.92 bits per heavy atom. The van der Waals surface area contributed by atoms with Crippen LogP contribution < -0.4 is 5.73 Å². The van der Waals surface area contributed by atoms with E-state index >= 15 is 0 Å².